The van der Waals surface area contributed by atoms with Gasteiger partial charge in [-0.3, -0.25) is 4.68 Å². The van der Waals surface area contributed by atoms with Crippen LogP contribution in [0.15, 0.2) is 12.3 Å². The molecule has 0 radical (unpaired) electrons. The second-order valence-corrected chi connectivity index (χ2v) is 6.36. The minimum Gasteiger partial charge on any atom is -0.390 e. The second kappa shape index (κ2) is 4.69. The van der Waals surface area contributed by atoms with Crippen molar-refractivity contribution in [3.05, 3.63) is 18.0 Å². The summed E-state index contributed by atoms with van der Waals surface area (Å²) >= 11 is 0. The van der Waals surface area contributed by atoms with E-state index in [-0.39, 0.29) is 0 Å². The molecular weight excluding hydrogens is 224 g/mol. The van der Waals surface area contributed by atoms with Crippen molar-refractivity contribution in [1.82, 2.24) is 9.78 Å². The minimum atomic E-state index is -0.407. The minimum absolute atomic E-state index is 0.407. The molecule has 0 aliphatic heterocycles. The first-order valence-electron chi connectivity index (χ1n) is 7.36. The summed E-state index contributed by atoms with van der Waals surface area (Å²) in [6.07, 6.45) is 11.1. The molecule has 0 amide bonds. The first-order valence-corrected chi connectivity index (χ1v) is 7.36. The number of nitrogens with zero attached hydrogens (tertiary/aromatic N) is 2. The molecule has 2 aliphatic carbocycles. The molecule has 1 N–H and O–H groups in total. The summed E-state index contributed by atoms with van der Waals surface area (Å²) in [6, 6.07) is 2.06. The summed E-state index contributed by atoms with van der Waals surface area (Å²) in [4.78, 5) is 0. The Kier molecular flexibility index (Phi) is 3.18. The van der Waals surface area contributed by atoms with Crippen LogP contribution >= 0.6 is 0 Å². The third-order valence-corrected chi connectivity index (χ3v) is 4.92. The zero-order valence-electron chi connectivity index (χ0n) is 11.3. The van der Waals surface area contributed by atoms with Crippen LogP contribution in [0, 0.1) is 11.8 Å². The van der Waals surface area contributed by atoms with E-state index in [1.165, 1.54) is 31.4 Å². The zero-order valence-corrected chi connectivity index (χ0v) is 11.3. The Morgan fingerprint density at radius 3 is 2.89 bits per heavy atom. The average Bonchev–Trinajstić information content (AvgIpc) is 3.11. The standard InChI is InChI=1S/C15H24N2O/c1-17-14(7-10-16-17)6-9-15(18)8-2-3-13(11-15)12-4-5-12/h7,10,12-13,18H,2-6,8-9,11H2,1H3. The monoisotopic (exact) mass is 248 g/mol. The number of rotatable bonds is 4. The number of aliphatic hydroxyl groups is 1. The van der Waals surface area contributed by atoms with Gasteiger partial charge >= 0.3 is 0 Å². The van der Waals surface area contributed by atoms with Crippen LogP contribution in [0.3, 0.4) is 0 Å². The van der Waals surface area contributed by atoms with Crippen LogP contribution in [0.4, 0.5) is 0 Å². The smallest absolute Gasteiger partial charge is 0.0654 e. The maximum Gasteiger partial charge on any atom is 0.0654 e. The van der Waals surface area contributed by atoms with Gasteiger partial charge in [-0.25, -0.2) is 0 Å². The Balaban J connectivity index is 1.58. The van der Waals surface area contributed by atoms with Crippen molar-refractivity contribution in [1.29, 1.82) is 0 Å². The van der Waals surface area contributed by atoms with E-state index < -0.39 is 5.60 Å². The maximum absolute atomic E-state index is 10.8. The van der Waals surface area contributed by atoms with Gasteiger partial charge in [0.2, 0.25) is 0 Å². The van der Waals surface area contributed by atoms with Crippen molar-refractivity contribution >= 4 is 0 Å². The average molecular weight is 248 g/mol. The van der Waals surface area contributed by atoms with Gasteiger partial charge in [0.25, 0.3) is 0 Å². The van der Waals surface area contributed by atoms with E-state index in [9.17, 15) is 5.11 Å². The number of hydrogen-bond acceptors (Lipinski definition) is 2. The molecule has 0 spiro atoms. The molecule has 1 aromatic heterocycles. The fraction of sp³-hybridized carbons (Fsp3) is 0.800. The molecule has 2 fully saturated rings. The lowest BCUT2D eigenvalue weighted by Gasteiger charge is -2.37. The fourth-order valence-corrected chi connectivity index (χ4v) is 3.59. The normalized spacial score (nSPS) is 32.7. The largest absolute Gasteiger partial charge is 0.390 e. The quantitative estimate of drug-likeness (QED) is 0.889. The molecule has 2 unspecified atom stereocenters. The van der Waals surface area contributed by atoms with Gasteiger partial charge in [-0.15, -0.1) is 0 Å². The molecule has 18 heavy (non-hydrogen) atoms. The molecule has 0 saturated heterocycles. The van der Waals surface area contributed by atoms with Crippen LogP contribution in [0.5, 0.6) is 0 Å². The summed E-state index contributed by atoms with van der Waals surface area (Å²) in [5.74, 6) is 1.74. The Labute approximate surface area is 109 Å². The van der Waals surface area contributed by atoms with E-state index in [0.29, 0.717) is 0 Å². The van der Waals surface area contributed by atoms with Crippen LogP contribution in [0.2, 0.25) is 0 Å². The molecule has 3 rings (SSSR count). The van der Waals surface area contributed by atoms with E-state index >= 15 is 0 Å². The van der Waals surface area contributed by atoms with Crippen molar-refractivity contribution in [2.75, 3.05) is 0 Å². The van der Waals surface area contributed by atoms with E-state index in [2.05, 4.69) is 11.2 Å². The Bertz CT molecular complexity index is 410. The highest BCUT2D eigenvalue weighted by Gasteiger charge is 2.40. The van der Waals surface area contributed by atoms with Crippen LogP contribution in [0.25, 0.3) is 0 Å². The fourth-order valence-electron chi connectivity index (χ4n) is 3.59. The van der Waals surface area contributed by atoms with Crippen LogP contribution < -0.4 is 0 Å². The van der Waals surface area contributed by atoms with Gasteiger partial charge in [0, 0.05) is 18.9 Å². The van der Waals surface area contributed by atoms with E-state index in [4.69, 9.17) is 0 Å². The molecule has 100 valence electrons. The van der Waals surface area contributed by atoms with Crippen molar-refractivity contribution < 1.29 is 5.11 Å². The topological polar surface area (TPSA) is 38.0 Å². The molecule has 3 nitrogen and oxygen atoms in total. The lowest BCUT2D eigenvalue weighted by molar-refractivity contribution is -0.0269. The summed E-state index contributed by atoms with van der Waals surface area (Å²) in [5.41, 5.74) is 0.826. The third kappa shape index (κ3) is 2.61. The number of aryl methyl sites for hydroxylation is 2. The van der Waals surface area contributed by atoms with Gasteiger partial charge in [-0.2, -0.15) is 5.10 Å². The molecule has 0 aromatic carbocycles. The van der Waals surface area contributed by atoms with Gasteiger partial charge < -0.3 is 5.11 Å². The molecule has 2 aliphatic rings. The molecule has 2 atom stereocenters. The Morgan fingerprint density at radius 1 is 1.39 bits per heavy atom. The molecule has 3 heteroatoms. The first kappa shape index (κ1) is 12.2. The van der Waals surface area contributed by atoms with Gasteiger partial charge in [-0.05, 0) is 62.8 Å². The predicted octanol–water partition coefficient (Wildman–Crippen LogP) is 2.68. The SMILES string of the molecule is Cn1nccc1CCC1(O)CCCC(C2CC2)C1. The summed E-state index contributed by atoms with van der Waals surface area (Å²) in [6.45, 7) is 0. The van der Waals surface area contributed by atoms with Crippen LogP contribution in [-0.4, -0.2) is 20.5 Å². The molecule has 1 heterocycles. The van der Waals surface area contributed by atoms with Gasteiger partial charge in [0.05, 0.1) is 5.60 Å². The third-order valence-electron chi connectivity index (χ3n) is 4.92. The lowest BCUT2D eigenvalue weighted by Crippen LogP contribution is -2.36. The van der Waals surface area contributed by atoms with Crippen molar-refractivity contribution in [3.8, 4) is 0 Å². The van der Waals surface area contributed by atoms with Gasteiger partial charge in [0.1, 0.15) is 0 Å². The number of hydrogen-bond donors (Lipinski definition) is 1. The molecule has 0 bridgehead atoms. The van der Waals surface area contributed by atoms with Gasteiger partial charge in [0.15, 0.2) is 0 Å². The number of aromatic nitrogens is 2. The van der Waals surface area contributed by atoms with E-state index in [0.717, 1.165) is 37.5 Å². The van der Waals surface area contributed by atoms with Crippen LogP contribution in [0.1, 0.15) is 50.6 Å². The zero-order chi connectivity index (χ0) is 12.6. The molecular formula is C15H24N2O. The summed E-state index contributed by atoms with van der Waals surface area (Å²) < 4.78 is 1.92. The Hall–Kier alpha value is -0.830. The maximum atomic E-state index is 10.8. The highest BCUT2D eigenvalue weighted by molar-refractivity contribution is 5.02. The highest BCUT2D eigenvalue weighted by atomic mass is 16.3. The lowest BCUT2D eigenvalue weighted by atomic mass is 9.74. The summed E-state index contributed by atoms with van der Waals surface area (Å²) in [7, 11) is 1.98. The van der Waals surface area contributed by atoms with Crippen molar-refractivity contribution in [3.63, 3.8) is 0 Å². The predicted molar refractivity (Wildman–Crippen MR) is 71.2 cm³/mol. The molecule has 1 aromatic rings. The second-order valence-electron chi connectivity index (χ2n) is 6.36. The van der Waals surface area contributed by atoms with Crippen molar-refractivity contribution in [2.24, 2.45) is 18.9 Å². The highest BCUT2D eigenvalue weighted by Crippen LogP contribution is 2.47. The summed E-state index contributed by atoms with van der Waals surface area (Å²) in [5, 5.41) is 15.0. The van der Waals surface area contributed by atoms with E-state index in [1.807, 2.05) is 17.9 Å². The Morgan fingerprint density at radius 2 is 2.22 bits per heavy atom. The van der Waals surface area contributed by atoms with Gasteiger partial charge in [-0.1, -0.05) is 6.42 Å². The first-order chi connectivity index (χ1) is 8.66. The van der Waals surface area contributed by atoms with Crippen molar-refractivity contribution in [2.45, 2.75) is 57.0 Å². The van der Waals surface area contributed by atoms with Crippen LogP contribution in [-0.2, 0) is 13.5 Å². The van der Waals surface area contributed by atoms with E-state index in [1.54, 1.807) is 0 Å². The molecule has 2 saturated carbocycles.